The molecule has 4 heteroatoms. The smallest absolute Gasteiger partial charge is 0.138 e. The van der Waals surface area contributed by atoms with Gasteiger partial charge < -0.3 is 10.7 Å². The zero-order valence-electron chi connectivity index (χ0n) is 10.9. The van der Waals surface area contributed by atoms with E-state index < -0.39 is 0 Å². The van der Waals surface area contributed by atoms with Crippen LogP contribution in [0.25, 0.3) is 11.4 Å². The topological polar surface area (TPSA) is 54.7 Å². The van der Waals surface area contributed by atoms with E-state index in [4.69, 9.17) is 5.73 Å². The first-order valence-corrected chi connectivity index (χ1v) is 6.76. The molecule has 2 aromatic rings. The first kappa shape index (κ1) is 13.3. The van der Waals surface area contributed by atoms with E-state index in [1.165, 1.54) is 5.56 Å². The van der Waals surface area contributed by atoms with E-state index in [0.717, 1.165) is 21.7 Å². The number of hydrogen-bond donors (Lipinski definition) is 2. The number of rotatable bonds is 2. The second-order valence-electron chi connectivity index (χ2n) is 5.39. The fraction of sp³-hybridized carbons (Fsp3) is 0.357. The maximum Gasteiger partial charge on any atom is 0.138 e. The van der Waals surface area contributed by atoms with Crippen molar-refractivity contribution < 1.29 is 0 Å². The summed E-state index contributed by atoms with van der Waals surface area (Å²) in [4.78, 5) is 7.65. The maximum absolute atomic E-state index is 5.62. The maximum atomic E-state index is 5.62. The molecule has 1 aromatic heterocycles. The Morgan fingerprint density at radius 1 is 1.22 bits per heavy atom. The van der Waals surface area contributed by atoms with E-state index in [1.807, 2.05) is 0 Å². The second kappa shape index (κ2) is 4.86. The highest BCUT2D eigenvalue weighted by atomic mass is 79.9. The van der Waals surface area contributed by atoms with Gasteiger partial charge in [-0.2, -0.15) is 0 Å². The summed E-state index contributed by atoms with van der Waals surface area (Å²) >= 11 is 3.40. The molecule has 1 aromatic carbocycles. The van der Waals surface area contributed by atoms with Gasteiger partial charge in [0, 0.05) is 12.1 Å². The van der Waals surface area contributed by atoms with E-state index in [-0.39, 0.29) is 5.41 Å². The largest absolute Gasteiger partial charge is 0.340 e. The lowest BCUT2D eigenvalue weighted by Gasteiger charge is -2.18. The molecule has 0 fully saturated rings. The Balaban J connectivity index is 2.34. The number of H-pyrrole nitrogens is 1. The van der Waals surface area contributed by atoms with Crippen LogP contribution in [0, 0.1) is 0 Å². The van der Waals surface area contributed by atoms with Crippen LogP contribution in [0.5, 0.6) is 0 Å². The SMILES string of the molecule is CC(C)(C)c1ccc(-c2nc(Br)c(CN)[nH]2)cc1. The normalized spacial score (nSPS) is 11.8. The van der Waals surface area contributed by atoms with Crippen molar-refractivity contribution in [2.75, 3.05) is 0 Å². The van der Waals surface area contributed by atoms with Gasteiger partial charge in [-0.25, -0.2) is 4.98 Å². The van der Waals surface area contributed by atoms with E-state index in [9.17, 15) is 0 Å². The molecular formula is C14H18BrN3. The summed E-state index contributed by atoms with van der Waals surface area (Å²) in [5.41, 5.74) is 9.10. The third-order valence-corrected chi connectivity index (χ3v) is 3.61. The van der Waals surface area contributed by atoms with Crippen molar-refractivity contribution in [1.29, 1.82) is 0 Å². The van der Waals surface area contributed by atoms with Crippen LogP contribution >= 0.6 is 15.9 Å². The summed E-state index contributed by atoms with van der Waals surface area (Å²) in [6, 6.07) is 8.47. The summed E-state index contributed by atoms with van der Waals surface area (Å²) in [7, 11) is 0. The Morgan fingerprint density at radius 2 is 1.83 bits per heavy atom. The molecule has 0 saturated heterocycles. The number of nitrogens with zero attached hydrogens (tertiary/aromatic N) is 1. The Bertz CT molecular complexity index is 535. The van der Waals surface area contributed by atoms with E-state index in [0.29, 0.717) is 6.54 Å². The number of aromatic nitrogens is 2. The zero-order chi connectivity index (χ0) is 13.3. The number of nitrogens with two attached hydrogens (primary N) is 1. The molecular weight excluding hydrogens is 290 g/mol. The van der Waals surface area contributed by atoms with Crippen LogP contribution in [0.2, 0.25) is 0 Å². The van der Waals surface area contributed by atoms with Gasteiger partial charge in [0.15, 0.2) is 0 Å². The monoisotopic (exact) mass is 307 g/mol. The molecule has 0 amide bonds. The van der Waals surface area contributed by atoms with Crippen LogP contribution in [-0.4, -0.2) is 9.97 Å². The number of imidazole rings is 1. The quantitative estimate of drug-likeness (QED) is 0.890. The van der Waals surface area contributed by atoms with Gasteiger partial charge in [-0.1, -0.05) is 45.0 Å². The van der Waals surface area contributed by atoms with Crippen molar-refractivity contribution in [3.8, 4) is 11.4 Å². The molecule has 0 saturated carbocycles. The molecule has 0 atom stereocenters. The highest BCUT2D eigenvalue weighted by Crippen LogP contribution is 2.26. The second-order valence-corrected chi connectivity index (χ2v) is 6.14. The predicted octanol–water partition coefficient (Wildman–Crippen LogP) is 3.60. The van der Waals surface area contributed by atoms with Gasteiger partial charge in [-0.15, -0.1) is 0 Å². The molecule has 2 rings (SSSR count). The molecule has 18 heavy (non-hydrogen) atoms. The lowest BCUT2D eigenvalue weighted by molar-refractivity contribution is 0.590. The molecule has 0 unspecified atom stereocenters. The lowest BCUT2D eigenvalue weighted by Crippen LogP contribution is -2.10. The molecule has 3 N–H and O–H groups in total. The third kappa shape index (κ3) is 2.65. The fourth-order valence-electron chi connectivity index (χ4n) is 1.79. The third-order valence-electron chi connectivity index (χ3n) is 2.96. The summed E-state index contributed by atoms with van der Waals surface area (Å²) < 4.78 is 0.792. The molecule has 0 radical (unpaired) electrons. The molecule has 0 bridgehead atoms. The van der Waals surface area contributed by atoms with Crippen molar-refractivity contribution in [3.05, 3.63) is 40.1 Å². The van der Waals surface area contributed by atoms with E-state index >= 15 is 0 Å². The zero-order valence-corrected chi connectivity index (χ0v) is 12.5. The number of benzene rings is 1. The van der Waals surface area contributed by atoms with Gasteiger partial charge in [-0.05, 0) is 26.9 Å². The van der Waals surface area contributed by atoms with E-state index in [1.54, 1.807) is 0 Å². The summed E-state index contributed by atoms with van der Waals surface area (Å²) in [5, 5.41) is 0. The molecule has 0 spiro atoms. The molecule has 0 aliphatic rings. The van der Waals surface area contributed by atoms with Gasteiger partial charge in [0.1, 0.15) is 10.4 Å². The predicted molar refractivity (Wildman–Crippen MR) is 78.3 cm³/mol. The average molecular weight is 308 g/mol. The molecule has 1 heterocycles. The number of nitrogens with one attached hydrogen (secondary N) is 1. The van der Waals surface area contributed by atoms with Gasteiger partial charge in [0.25, 0.3) is 0 Å². The highest BCUT2D eigenvalue weighted by molar-refractivity contribution is 9.10. The molecule has 0 aliphatic heterocycles. The Kier molecular flexibility index (Phi) is 3.59. The van der Waals surface area contributed by atoms with Crippen molar-refractivity contribution in [3.63, 3.8) is 0 Å². The number of halogens is 1. The molecule has 96 valence electrons. The highest BCUT2D eigenvalue weighted by Gasteiger charge is 2.14. The van der Waals surface area contributed by atoms with Crippen LogP contribution < -0.4 is 5.73 Å². The standard InChI is InChI=1S/C14H18BrN3/c1-14(2,3)10-6-4-9(5-7-10)13-17-11(8-16)12(15)18-13/h4-7H,8,16H2,1-3H3,(H,17,18). The van der Waals surface area contributed by atoms with Crippen LogP contribution in [-0.2, 0) is 12.0 Å². The van der Waals surface area contributed by atoms with Crippen molar-refractivity contribution in [1.82, 2.24) is 9.97 Å². The minimum atomic E-state index is 0.171. The van der Waals surface area contributed by atoms with Gasteiger partial charge >= 0.3 is 0 Å². The average Bonchev–Trinajstić information content (AvgIpc) is 2.69. The minimum absolute atomic E-state index is 0.171. The van der Waals surface area contributed by atoms with Gasteiger partial charge in [-0.3, -0.25) is 0 Å². The van der Waals surface area contributed by atoms with Crippen molar-refractivity contribution in [2.45, 2.75) is 32.7 Å². The first-order valence-electron chi connectivity index (χ1n) is 5.97. The Hall–Kier alpha value is -1.13. The molecule has 3 nitrogen and oxygen atoms in total. The lowest BCUT2D eigenvalue weighted by atomic mass is 9.87. The summed E-state index contributed by atoms with van der Waals surface area (Å²) in [6.45, 7) is 7.07. The van der Waals surface area contributed by atoms with Crippen LogP contribution in [0.3, 0.4) is 0 Å². The summed E-state index contributed by atoms with van der Waals surface area (Å²) in [5.74, 6) is 0.850. The first-order chi connectivity index (χ1) is 8.41. The van der Waals surface area contributed by atoms with Gasteiger partial charge in [0.2, 0.25) is 0 Å². The van der Waals surface area contributed by atoms with Crippen molar-refractivity contribution in [2.24, 2.45) is 5.73 Å². The van der Waals surface area contributed by atoms with Crippen LogP contribution in [0.4, 0.5) is 0 Å². The van der Waals surface area contributed by atoms with E-state index in [2.05, 4.69) is 70.9 Å². The minimum Gasteiger partial charge on any atom is -0.340 e. The Labute approximate surface area is 116 Å². The van der Waals surface area contributed by atoms with Crippen LogP contribution in [0.15, 0.2) is 28.9 Å². The summed E-state index contributed by atoms with van der Waals surface area (Å²) in [6.07, 6.45) is 0. The van der Waals surface area contributed by atoms with Crippen LogP contribution in [0.1, 0.15) is 32.0 Å². The number of hydrogen-bond acceptors (Lipinski definition) is 2. The number of aromatic amines is 1. The Morgan fingerprint density at radius 3 is 2.28 bits per heavy atom. The van der Waals surface area contributed by atoms with Crippen molar-refractivity contribution >= 4 is 15.9 Å². The molecule has 0 aliphatic carbocycles. The van der Waals surface area contributed by atoms with Gasteiger partial charge in [0.05, 0.1) is 5.69 Å². The fourth-order valence-corrected chi connectivity index (χ4v) is 2.23.